The summed E-state index contributed by atoms with van der Waals surface area (Å²) < 4.78 is 14.6. The van der Waals surface area contributed by atoms with Crippen LogP contribution >= 0.6 is 11.5 Å². The van der Waals surface area contributed by atoms with Crippen LogP contribution in [0.4, 0.5) is 5.13 Å². The molecule has 0 bridgehead atoms. The summed E-state index contributed by atoms with van der Waals surface area (Å²) in [6.45, 7) is 1.17. The molecule has 0 amide bonds. The summed E-state index contributed by atoms with van der Waals surface area (Å²) in [5, 5.41) is 0.873. The van der Waals surface area contributed by atoms with Crippen LogP contribution < -0.4 is 9.64 Å². The first-order chi connectivity index (χ1) is 9.24. The first kappa shape index (κ1) is 13.8. The molecular weight excluding hydrogens is 262 g/mol. The molecule has 102 valence electrons. The van der Waals surface area contributed by atoms with Crippen LogP contribution in [0, 0.1) is 0 Å². The third kappa shape index (κ3) is 3.42. The van der Waals surface area contributed by atoms with Gasteiger partial charge in [-0.1, -0.05) is 18.2 Å². The number of rotatable bonds is 6. The van der Waals surface area contributed by atoms with Gasteiger partial charge in [-0.05, 0) is 6.07 Å². The first-order valence-electron chi connectivity index (χ1n) is 5.89. The van der Waals surface area contributed by atoms with Gasteiger partial charge in [0, 0.05) is 37.8 Å². The minimum absolute atomic E-state index is 0.443. The van der Waals surface area contributed by atoms with Crippen LogP contribution in [0.15, 0.2) is 24.3 Å². The maximum absolute atomic E-state index is 5.35. The van der Waals surface area contributed by atoms with E-state index in [4.69, 9.17) is 9.47 Å². The molecule has 0 aliphatic rings. The normalized spacial score (nSPS) is 10.5. The van der Waals surface area contributed by atoms with Crippen LogP contribution in [-0.4, -0.2) is 30.6 Å². The van der Waals surface area contributed by atoms with Crippen LogP contribution in [0.2, 0.25) is 0 Å². The van der Waals surface area contributed by atoms with Gasteiger partial charge in [0.15, 0.2) is 5.82 Å². The average molecular weight is 279 g/mol. The molecule has 2 aromatic rings. The lowest BCUT2D eigenvalue weighted by Gasteiger charge is -2.17. The molecule has 0 aliphatic heterocycles. The van der Waals surface area contributed by atoms with Gasteiger partial charge >= 0.3 is 0 Å². The van der Waals surface area contributed by atoms with Crippen LogP contribution in [0.3, 0.4) is 0 Å². The highest BCUT2D eigenvalue weighted by Gasteiger charge is 2.11. The van der Waals surface area contributed by atoms with E-state index in [1.165, 1.54) is 11.5 Å². The van der Waals surface area contributed by atoms with Crippen LogP contribution in [0.25, 0.3) is 0 Å². The lowest BCUT2D eigenvalue weighted by atomic mass is 10.2. The highest BCUT2D eigenvalue weighted by atomic mass is 32.1. The minimum Gasteiger partial charge on any atom is -0.496 e. The molecule has 6 heteroatoms. The third-order valence-corrected chi connectivity index (χ3v) is 3.53. The molecule has 0 atom stereocenters. The first-order valence-corrected chi connectivity index (χ1v) is 6.66. The van der Waals surface area contributed by atoms with E-state index in [0.717, 1.165) is 28.8 Å². The van der Waals surface area contributed by atoms with Gasteiger partial charge in [-0.15, -0.1) is 0 Å². The lowest BCUT2D eigenvalue weighted by Crippen LogP contribution is -2.16. The Balaban J connectivity index is 2.09. The maximum atomic E-state index is 5.35. The van der Waals surface area contributed by atoms with Crippen LogP contribution in [0.5, 0.6) is 5.75 Å². The summed E-state index contributed by atoms with van der Waals surface area (Å²) in [5.74, 6) is 1.60. The van der Waals surface area contributed by atoms with Crippen molar-refractivity contribution in [3.05, 3.63) is 35.7 Å². The second kappa shape index (κ2) is 6.49. The van der Waals surface area contributed by atoms with E-state index < -0.39 is 0 Å². The predicted molar refractivity (Wildman–Crippen MR) is 75.7 cm³/mol. The van der Waals surface area contributed by atoms with Crippen LogP contribution in [0.1, 0.15) is 11.4 Å². The molecule has 1 heterocycles. The predicted octanol–water partition coefficient (Wildman–Crippen LogP) is 2.33. The summed E-state index contributed by atoms with van der Waals surface area (Å²) in [5.41, 5.74) is 1.12. The van der Waals surface area contributed by atoms with E-state index in [-0.39, 0.29) is 0 Å². The van der Waals surface area contributed by atoms with Gasteiger partial charge in [-0.2, -0.15) is 4.37 Å². The van der Waals surface area contributed by atoms with E-state index in [2.05, 4.69) is 14.3 Å². The van der Waals surface area contributed by atoms with E-state index in [1.807, 2.05) is 31.3 Å². The van der Waals surface area contributed by atoms with Crippen molar-refractivity contribution in [3.8, 4) is 5.75 Å². The number of ether oxygens (including phenoxy) is 2. The van der Waals surface area contributed by atoms with E-state index in [1.54, 1.807) is 14.2 Å². The molecule has 0 saturated heterocycles. The Bertz CT molecular complexity index is 530. The second-order valence-electron chi connectivity index (χ2n) is 4.09. The van der Waals surface area contributed by atoms with Crippen molar-refractivity contribution in [2.24, 2.45) is 0 Å². The Morgan fingerprint density at radius 1 is 1.26 bits per heavy atom. The third-order valence-electron chi connectivity index (χ3n) is 2.66. The summed E-state index contributed by atoms with van der Waals surface area (Å²) in [6.07, 6.45) is 0. The number of methoxy groups -OCH3 is 2. The molecule has 1 aromatic heterocycles. The van der Waals surface area contributed by atoms with E-state index >= 15 is 0 Å². The SMILES string of the molecule is COCc1nsc(N(C)Cc2ccccc2OC)n1. The number of benzene rings is 1. The Morgan fingerprint density at radius 3 is 2.79 bits per heavy atom. The van der Waals surface area contributed by atoms with Crippen molar-refractivity contribution in [2.75, 3.05) is 26.2 Å². The quantitative estimate of drug-likeness (QED) is 0.812. The molecule has 0 radical (unpaired) electrons. The van der Waals surface area contributed by atoms with Crippen molar-refractivity contribution in [1.82, 2.24) is 9.36 Å². The van der Waals surface area contributed by atoms with Crippen molar-refractivity contribution in [2.45, 2.75) is 13.2 Å². The van der Waals surface area contributed by atoms with Gasteiger partial charge in [0.1, 0.15) is 12.4 Å². The number of para-hydroxylation sites is 1. The number of anilines is 1. The van der Waals surface area contributed by atoms with Crippen molar-refractivity contribution in [3.63, 3.8) is 0 Å². The Hall–Kier alpha value is -1.66. The fourth-order valence-corrected chi connectivity index (χ4v) is 2.37. The Labute approximate surface area is 117 Å². The molecule has 0 fully saturated rings. The highest BCUT2D eigenvalue weighted by molar-refractivity contribution is 7.09. The van der Waals surface area contributed by atoms with Crippen molar-refractivity contribution < 1.29 is 9.47 Å². The van der Waals surface area contributed by atoms with Gasteiger partial charge in [0.2, 0.25) is 5.13 Å². The number of aromatic nitrogens is 2. The van der Waals surface area contributed by atoms with E-state index in [0.29, 0.717) is 6.61 Å². The number of hydrogen-bond acceptors (Lipinski definition) is 6. The zero-order valence-electron chi connectivity index (χ0n) is 11.3. The molecule has 2 rings (SSSR count). The van der Waals surface area contributed by atoms with Gasteiger partial charge in [-0.3, -0.25) is 0 Å². The molecular formula is C13H17N3O2S. The zero-order valence-corrected chi connectivity index (χ0v) is 12.1. The largest absolute Gasteiger partial charge is 0.496 e. The van der Waals surface area contributed by atoms with E-state index in [9.17, 15) is 0 Å². The molecule has 5 nitrogen and oxygen atoms in total. The zero-order chi connectivity index (χ0) is 13.7. The maximum Gasteiger partial charge on any atom is 0.205 e. The van der Waals surface area contributed by atoms with Crippen LogP contribution in [-0.2, 0) is 17.9 Å². The molecule has 0 spiro atoms. The topological polar surface area (TPSA) is 47.5 Å². The Morgan fingerprint density at radius 2 is 2.05 bits per heavy atom. The molecule has 0 unspecified atom stereocenters. The fraction of sp³-hybridized carbons (Fsp3) is 0.385. The Kier molecular flexibility index (Phi) is 4.70. The fourth-order valence-electron chi connectivity index (χ4n) is 1.74. The molecule has 19 heavy (non-hydrogen) atoms. The van der Waals surface area contributed by atoms with Gasteiger partial charge in [-0.25, -0.2) is 4.98 Å². The van der Waals surface area contributed by atoms with Crippen molar-refractivity contribution in [1.29, 1.82) is 0 Å². The molecule has 0 aliphatic carbocycles. The molecule has 1 aromatic carbocycles. The molecule has 0 N–H and O–H groups in total. The molecule has 0 saturated carbocycles. The van der Waals surface area contributed by atoms with Gasteiger partial charge < -0.3 is 14.4 Å². The summed E-state index contributed by atoms with van der Waals surface area (Å²) in [7, 11) is 5.31. The van der Waals surface area contributed by atoms with Crippen molar-refractivity contribution >= 4 is 16.7 Å². The summed E-state index contributed by atoms with van der Waals surface area (Å²) >= 11 is 1.37. The van der Waals surface area contributed by atoms with Gasteiger partial charge in [0.05, 0.1) is 7.11 Å². The number of hydrogen-bond donors (Lipinski definition) is 0. The smallest absolute Gasteiger partial charge is 0.205 e. The monoisotopic (exact) mass is 279 g/mol. The highest BCUT2D eigenvalue weighted by Crippen LogP contribution is 2.23. The lowest BCUT2D eigenvalue weighted by molar-refractivity contribution is 0.179. The number of nitrogens with zero attached hydrogens (tertiary/aromatic N) is 3. The second-order valence-corrected chi connectivity index (χ2v) is 4.82. The standard InChI is InChI=1S/C13H17N3O2S/c1-16(13-14-12(9-17-2)15-19-13)8-10-6-4-5-7-11(10)18-3/h4-7H,8-9H2,1-3H3. The summed E-state index contributed by atoms with van der Waals surface area (Å²) in [4.78, 5) is 6.47. The summed E-state index contributed by atoms with van der Waals surface area (Å²) in [6, 6.07) is 7.97. The minimum atomic E-state index is 0.443. The van der Waals surface area contributed by atoms with Gasteiger partial charge in [0.25, 0.3) is 0 Å². The average Bonchev–Trinajstić information content (AvgIpc) is 2.88.